The van der Waals surface area contributed by atoms with Gasteiger partial charge in [0, 0.05) is 37.2 Å². The summed E-state index contributed by atoms with van der Waals surface area (Å²) in [6.45, 7) is 1.24. The zero-order valence-corrected chi connectivity index (χ0v) is 14.7. The number of ether oxygens (including phenoxy) is 1. The Morgan fingerprint density at radius 2 is 1.85 bits per heavy atom. The van der Waals surface area contributed by atoms with Crippen molar-refractivity contribution in [2.24, 2.45) is 0 Å². The van der Waals surface area contributed by atoms with Crippen LogP contribution in [-0.4, -0.2) is 38.9 Å². The highest BCUT2D eigenvalue weighted by atomic mass is 32.2. The van der Waals surface area contributed by atoms with Crippen molar-refractivity contribution in [3.8, 4) is 5.88 Å². The number of hydrogen-bond acceptors (Lipinski definition) is 5. The summed E-state index contributed by atoms with van der Waals surface area (Å²) in [7, 11) is -3.24. The molecule has 9 heteroatoms. The van der Waals surface area contributed by atoms with E-state index in [0.29, 0.717) is 19.5 Å². The van der Waals surface area contributed by atoms with Crippen molar-refractivity contribution < 1.29 is 26.3 Å². The third-order valence-corrected chi connectivity index (χ3v) is 5.25. The Kier molecular flexibility index (Phi) is 4.83. The Balaban J connectivity index is 1.62. The minimum Gasteiger partial charge on any atom is -0.472 e. The average Bonchev–Trinajstić information content (AvgIpc) is 3.02. The molecule has 1 aromatic heterocycles. The predicted octanol–water partition coefficient (Wildman–Crippen LogP) is 3.16. The predicted molar refractivity (Wildman–Crippen MR) is 90.0 cm³/mol. The van der Waals surface area contributed by atoms with Crippen LogP contribution in [-0.2, 0) is 16.0 Å². The summed E-state index contributed by atoms with van der Waals surface area (Å²) in [6, 6.07) is 8.72. The van der Waals surface area contributed by atoms with E-state index in [9.17, 15) is 21.6 Å². The molecule has 1 atom stereocenters. The quantitative estimate of drug-likeness (QED) is 0.808. The number of halogens is 3. The summed E-state index contributed by atoms with van der Waals surface area (Å²) in [4.78, 5) is 6.00. The highest BCUT2D eigenvalue weighted by Crippen LogP contribution is 2.30. The first-order valence-electron chi connectivity index (χ1n) is 7.88. The zero-order valence-electron chi connectivity index (χ0n) is 13.9. The fourth-order valence-corrected chi connectivity index (χ4v) is 3.38. The first-order valence-corrected chi connectivity index (χ1v) is 9.77. The molecule has 140 valence electrons. The SMILES string of the molecule is CS(=O)(=O)c1ccc(N2CCC(Oc3ccc(C(F)(F)F)cn3)C2)cc1. The largest absolute Gasteiger partial charge is 0.472 e. The first kappa shape index (κ1) is 18.5. The number of sulfone groups is 1. The zero-order chi connectivity index (χ0) is 18.9. The van der Waals surface area contributed by atoms with Crippen LogP contribution in [0, 0.1) is 0 Å². The fraction of sp³-hybridized carbons (Fsp3) is 0.353. The van der Waals surface area contributed by atoms with Crippen LogP contribution in [0.15, 0.2) is 47.5 Å². The molecule has 1 unspecified atom stereocenters. The third kappa shape index (κ3) is 4.27. The van der Waals surface area contributed by atoms with E-state index in [0.717, 1.165) is 24.2 Å². The Labute approximate surface area is 149 Å². The number of alkyl halides is 3. The van der Waals surface area contributed by atoms with E-state index >= 15 is 0 Å². The van der Waals surface area contributed by atoms with Crippen LogP contribution in [0.3, 0.4) is 0 Å². The first-order chi connectivity index (χ1) is 12.1. The lowest BCUT2D eigenvalue weighted by Crippen LogP contribution is -2.24. The Bertz CT molecular complexity index is 866. The van der Waals surface area contributed by atoms with Gasteiger partial charge in [-0.25, -0.2) is 13.4 Å². The highest BCUT2D eigenvalue weighted by molar-refractivity contribution is 7.90. The molecule has 0 aliphatic carbocycles. The van der Waals surface area contributed by atoms with E-state index < -0.39 is 21.6 Å². The van der Waals surface area contributed by atoms with Crippen molar-refractivity contribution in [3.05, 3.63) is 48.2 Å². The number of nitrogens with zero attached hydrogens (tertiary/aromatic N) is 2. The van der Waals surface area contributed by atoms with Gasteiger partial charge in [0.1, 0.15) is 6.10 Å². The summed E-state index contributed by atoms with van der Waals surface area (Å²) in [5.74, 6) is 0.150. The van der Waals surface area contributed by atoms with Crippen LogP contribution in [0.25, 0.3) is 0 Å². The minimum atomic E-state index is -4.42. The molecule has 2 heterocycles. The highest BCUT2D eigenvalue weighted by Gasteiger charge is 2.31. The molecule has 1 aromatic carbocycles. The lowest BCUT2D eigenvalue weighted by molar-refractivity contribution is -0.137. The molecule has 0 radical (unpaired) electrons. The number of benzene rings is 1. The molecule has 5 nitrogen and oxygen atoms in total. The summed E-state index contributed by atoms with van der Waals surface area (Å²) in [5.41, 5.74) is 0.0488. The van der Waals surface area contributed by atoms with Gasteiger partial charge in [0.2, 0.25) is 5.88 Å². The summed E-state index contributed by atoms with van der Waals surface area (Å²) >= 11 is 0. The van der Waals surface area contributed by atoms with E-state index in [1.54, 1.807) is 24.3 Å². The van der Waals surface area contributed by atoms with Crippen molar-refractivity contribution in [2.45, 2.75) is 23.6 Å². The van der Waals surface area contributed by atoms with Crippen LogP contribution in [0.1, 0.15) is 12.0 Å². The number of rotatable bonds is 4. The molecular formula is C17H17F3N2O3S. The fourth-order valence-electron chi connectivity index (χ4n) is 2.75. The maximum absolute atomic E-state index is 12.5. The van der Waals surface area contributed by atoms with Crippen LogP contribution < -0.4 is 9.64 Å². The Hall–Kier alpha value is -2.29. The van der Waals surface area contributed by atoms with E-state index in [4.69, 9.17) is 4.74 Å². The molecule has 0 saturated carbocycles. The van der Waals surface area contributed by atoms with E-state index in [1.807, 2.05) is 4.90 Å². The molecule has 0 amide bonds. The molecule has 1 aliphatic rings. The Morgan fingerprint density at radius 1 is 1.15 bits per heavy atom. The van der Waals surface area contributed by atoms with E-state index in [2.05, 4.69) is 4.98 Å². The van der Waals surface area contributed by atoms with Crippen LogP contribution in [0.5, 0.6) is 5.88 Å². The lowest BCUT2D eigenvalue weighted by Gasteiger charge is -2.19. The summed E-state index contributed by atoms with van der Waals surface area (Å²) in [6.07, 6.45) is -2.02. The molecule has 2 aromatic rings. The van der Waals surface area contributed by atoms with Gasteiger partial charge in [-0.05, 0) is 30.3 Å². The van der Waals surface area contributed by atoms with Crippen molar-refractivity contribution in [2.75, 3.05) is 24.2 Å². The molecule has 0 N–H and O–H groups in total. The average molecular weight is 386 g/mol. The topological polar surface area (TPSA) is 59.5 Å². The number of anilines is 1. The minimum absolute atomic E-state index is 0.150. The normalized spacial score (nSPS) is 18.2. The van der Waals surface area contributed by atoms with E-state index in [1.165, 1.54) is 6.07 Å². The third-order valence-electron chi connectivity index (χ3n) is 4.13. The van der Waals surface area contributed by atoms with Crippen molar-refractivity contribution >= 4 is 15.5 Å². The number of aromatic nitrogens is 1. The number of pyridine rings is 1. The summed E-state index contributed by atoms with van der Waals surface area (Å²) < 4.78 is 66.3. The van der Waals surface area contributed by atoms with Gasteiger partial charge < -0.3 is 9.64 Å². The molecule has 0 spiro atoms. The monoisotopic (exact) mass is 386 g/mol. The summed E-state index contributed by atoms with van der Waals surface area (Å²) in [5, 5.41) is 0. The lowest BCUT2D eigenvalue weighted by atomic mass is 10.3. The van der Waals surface area contributed by atoms with Gasteiger partial charge in [-0.15, -0.1) is 0 Å². The van der Waals surface area contributed by atoms with Gasteiger partial charge in [0.15, 0.2) is 9.84 Å². The van der Waals surface area contributed by atoms with Crippen LogP contribution >= 0.6 is 0 Å². The van der Waals surface area contributed by atoms with Gasteiger partial charge in [0.05, 0.1) is 17.0 Å². The van der Waals surface area contributed by atoms with Gasteiger partial charge in [-0.2, -0.15) is 13.2 Å². The molecule has 0 bridgehead atoms. The molecule has 1 fully saturated rings. The second-order valence-electron chi connectivity index (χ2n) is 6.12. The van der Waals surface area contributed by atoms with Gasteiger partial charge in [-0.1, -0.05) is 0 Å². The van der Waals surface area contributed by atoms with Crippen LogP contribution in [0.2, 0.25) is 0 Å². The number of hydrogen-bond donors (Lipinski definition) is 0. The molecule has 26 heavy (non-hydrogen) atoms. The Morgan fingerprint density at radius 3 is 2.38 bits per heavy atom. The van der Waals surface area contributed by atoms with Crippen LogP contribution in [0.4, 0.5) is 18.9 Å². The molecule has 3 rings (SSSR count). The molecular weight excluding hydrogens is 369 g/mol. The van der Waals surface area contributed by atoms with Crippen molar-refractivity contribution in [1.29, 1.82) is 0 Å². The molecule has 1 saturated heterocycles. The maximum Gasteiger partial charge on any atom is 0.417 e. The standard InChI is InChI=1S/C17H17F3N2O3S/c1-26(23,24)15-5-3-13(4-6-15)22-9-8-14(11-22)25-16-7-2-12(10-21-16)17(18,19)20/h2-7,10,14H,8-9,11H2,1H3. The van der Waals surface area contributed by atoms with Crippen molar-refractivity contribution in [3.63, 3.8) is 0 Å². The van der Waals surface area contributed by atoms with Gasteiger partial charge >= 0.3 is 6.18 Å². The molecule has 1 aliphatic heterocycles. The van der Waals surface area contributed by atoms with Gasteiger partial charge in [-0.3, -0.25) is 0 Å². The van der Waals surface area contributed by atoms with E-state index in [-0.39, 0.29) is 16.9 Å². The van der Waals surface area contributed by atoms with Gasteiger partial charge in [0.25, 0.3) is 0 Å². The smallest absolute Gasteiger partial charge is 0.417 e. The maximum atomic E-state index is 12.5. The second kappa shape index (κ2) is 6.79. The van der Waals surface area contributed by atoms with Crippen molar-refractivity contribution in [1.82, 2.24) is 4.98 Å². The second-order valence-corrected chi connectivity index (χ2v) is 8.14.